The van der Waals surface area contributed by atoms with Crippen LogP contribution in [0.1, 0.15) is 59.8 Å². The Bertz CT molecular complexity index is 1250. The number of anilines is 1. The zero-order chi connectivity index (χ0) is 21.8. The van der Waals surface area contributed by atoms with Crippen LogP contribution >= 0.6 is 11.3 Å². The summed E-state index contributed by atoms with van der Waals surface area (Å²) in [6.45, 7) is 8.40. The molecule has 1 N–H and O–H groups in total. The Morgan fingerprint density at radius 3 is 2.48 bits per heavy atom. The molecule has 0 radical (unpaired) electrons. The van der Waals surface area contributed by atoms with E-state index in [0.29, 0.717) is 5.69 Å². The van der Waals surface area contributed by atoms with Crippen LogP contribution in [0.2, 0.25) is 0 Å². The quantitative estimate of drug-likeness (QED) is 0.443. The highest BCUT2D eigenvalue weighted by atomic mass is 32.1. The summed E-state index contributed by atoms with van der Waals surface area (Å²) in [5.41, 5.74) is 6.20. The van der Waals surface area contributed by atoms with Crippen LogP contribution in [0, 0.1) is 6.92 Å². The van der Waals surface area contributed by atoms with E-state index >= 15 is 0 Å². The number of thiophene rings is 1. The van der Waals surface area contributed by atoms with Gasteiger partial charge < -0.3 is 0 Å². The summed E-state index contributed by atoms with van der Waals surface area (Å²) >= 11 is 1.71. The highest BCUT2D eigenvalue weighted by Crippen LogP contribution is 2.45. The van der Waals surface area contributed by atoms with Crippen molar-refractivity contribution in [1.29, 1.82) is 0 Å². The van der Waals surface area contributed by atoms with Crippen LogP contribution in [-0.4, -0.2) is 21.1 Å². The Kier molecular flexibility index (Phi) is 4.55. The summed E-state index contributed by atoms with van der Waals surface area (Å²) < 4.78 is 0. The monoisotopic (exact) mass is 428 g/mol. The number of carbonyl (C=O) groups is 1. The molecule has 4 heterocycles. The van der Waals surface area contributed by atoms with Gasteiger partial charge in [0.1, 0.15) is 0 Å². The molecule has 1 atom stereocenters. The van der Waals surface area contributed by atoms with Crippen LogP contribution in [0.3, 0.4) is 0 Å². The third kappa shape index (κ3) is 3.18. The number of aromatic nitrogens is 3. The lowest BCUT2D eigenvalue weighted by Gasteiger charge is -2.29. The number of nitrogens with zero attached hydrogens (tertiary/aromatic N) is 3. The van der Waals surface area contributed by atoms with Crippen molar-refractivity contribution < 1.29 is 4.79 Å². The number of aromatic amines is 1. The van der Waals surface area contributed by atoms with Crippen molar-refractivity contribution in [3.8, 4) is 10.4 Å². The minimum Gasteiger partial charge on any atom is -0.295 e. The molecule has 6 heteroatoms. The molecule has 0 spiro atoms. The van der Waals surface area contributed by atoms with Crippen molar-refractivity contribution >= 4 is 22.9 Å². The highest BCUT2D eigenvalue weighted by molar-refractivity contribution is 7.13. The second kappa shape index (κ2) is 7.17. The lowest BCUT2D eigenvalue weighted by molar-refractivity contribution is 0.0988. The van der Waals surface area contributed by atoms with Crippen LogP contribution in [0.15, 0.2) is 60.1 Å². The topological polar surface area (TPSA) is 61.9 Å². The third-order valence-electron chi connectivity index (χ3n) is 5.80. The zero-order valence-electron chi connectivity index (χ0n) is 18.0. The van der Waals surface area contributed by atoms with Crippen molar-refractivity contribution in [2.75, 3.05) is 4.90 Å². The minimum absolute atomic E-state index is 0.0844. The number of amides is 1. The molecule has 5 rings (SSSR count). The smallest absolute Gasteiger partial charge is 0.280 e. The number of benzene rings is 1. The van der Waals surface area contributed by atoms with Gasteiger partial charge in [0.15, 0.2) is 5.69 Å². The second-order valence-electron chi connectivity index (χ2n) is 8.89. The first-order valence-electron chi connectivity index (χ1n) is 10.3. The molecule has 0 saturated carbocycles. The molecule has 4 aromatic rings. The SMILES string of the molecule is Cc1ncccc1C1c2c(n[nH]c2C(C)(C)C)C(=O)N1c1ccc(-c2cccs2)cc1. The van der Waals surface area contributed by atoms with E-state index in [1.165, 1.54) is 4.88 Å². The lowest BCUT2D eigenvalue weighted by Crippen LogP contribution is -2.30. The van der Waals surface area contributed by atoms with E-state index in [2.05, 4.69) is 65.6 Å². The number of carbonyl (C=O) groups excluding carboxylic acids is 1. The predicted octanol–water partition coefficient (Wildman–Crippen LogP) is 5.89. The van der Waals surface area contributed by atoms with Gasteiger partial charge in [-0.3, -0.25) is 19.8 Å². The number of rotatable bonds is 3. The van der Waals surface area contributed by atoms with E-state index in [4.69, 9.17) is 0 Å². The van der Waals surface area contributed by atoms with Crippen molar-refractivity contribution in [2.24, 2.45) is 0 Å². The molecule has 156 valence electrons. The average molecular weight is 429 g/mol. The molecule has 1 aliphatic rings. The summed E-state index contributed by atoms with van der Waals surface area (Å²) in [7, 11) is 0. The Hall–Kier alpha value is -3.25. The zero-order valence-corrected chi connectivity index (χ0v) is 18.8. The molecule has 1 aromatic carbocycles. The number of nitrogens with one attached hydrogen (secondary N) is 1. The summed E-state index contributed by atoms with van der Waals surface area (Å²) in [4.78, 5) is 21.2. The summed E-state index contributed by atoms with van der Waals surface area (Å²) in [5, 5.41) is 9.67. The van der Waals surface area contributed by atoms with Gasteiger partial charge in [-0.25, -0.2) is 0 Å². The highest BCUT2D eigenvalue weighted by Gasteiger charge is 2.45. The minimum atomic E-state index is -0.267. The summed E-state index contributed by atoms with van der Waals surface area (Å²) in [6, 6.07) is 16.1. The van der Waals surface area contributed by atoms with E-state index in [-0.39, 0.29) is 17.4 Å². The maximum absolute atomic E-state index is 13.6. The number of hydrogen-bond acceptors (Lipinski definition) is 4. The van der Waals surface area contributed by atoms with Crippen molar-refractivity contribution in [2.45, 2.75) is 39.2 Å². The largest absolute Gasteiger partial charge is 0.295 e. The van der Waals surface area contributed by atoms with Gasteiger partial charge in [0.2, 0.25) is 0 Å². The molecule has 3 aromatic heterocycles. The Labute approximate surface area is 185 Å². The fraction of sp³-hybridized carbons (Fsp3) is 0.240. The molecule has 0 bridgehead atoms. The van der Waals surface area contributed by atoms with Gasteiger partial charge in [0, 0.05) is 44.7 Å². The normalized spacial score (nSPS) is 16.1. The van der Waals surface area contributed by atoms with Crippen LogP contribution in [-0.2, 0) is 5.41 Å². The van der Waals surface area contributed by atoms with Crippen molar-refractivity contribution in [3.05, 3.63) is 88.3 Å². The molecule has 0 saturated heterocycles. The predicted molar refractivity (Wildman–Crippen MR) is 125 cm³/mol. The Morgan fingerprint density at radius 2 is 1.84 bits per heavy atom. The van der Waals surface area contributed by atoms with E-state index in [1.54, 1.807) is 17.5 Å². The van der Waals surface area contributed by atoms with Crippen molar-refractivity contribution in [1.82, 2.24) is 15.2 Å². The van der Waals surface area contributed by atoms with Crippen LogP contribution in [0.4, 0.5) is 5.69 Å². The summed E-state index contributed by atoms with van der Waals surface area (Å²) in [5.74, 6) is -0.0844. The first-order valence-corrected chi connectivity index (χ1v) is 11.2. The molecule has 1 unspecified atom stereocenters. The first kappa shape index (κ1) is 19.7. The second-order valence-corrected chi connectivity index (χ2v) is 9.84. The van der Waals surface area contributed by atoms with Gasteiger partial charge in [-0.1, -0.05) is 45.0 Å². The maximum Gasteiger partial charge on any atom is 0.280 e. The standard InChI is InChI=1S/C25H24N4OS/c1-15-18(7-5-13-26-15)22-20-21(27-28-23(20)25(2,3)4)24(30)29(22)17-11-9-16(10-12-17)19-8-6-14-31-19/h5-14,22H,1-4H3,(H,27,28). The fourth-order valence-corrected chi connectivity index (χ4v) is 5.02. The third-order valence-corrected chi connectivity index (χ3v) is 6.72. The molecular formula is C25H24N4OS. The maximum atomic E-state index is 13.6. The average Bonchev–Trinajstić information content (AvgIpc) is 3.46. The number of hydrogen-bond donors (Lipinski definition) is 1. The molecule has 0 aliphatic carbocycles. The number of aryl methyl sites for hydroxylation is 1. The van der Waals surface area contributed by atoms with E-state index in [0.717, 1.165) is 33.8 Å². The van der Waals surface area contributed by atoms with Gasteiger partial charge >= 0.3 is 0 Å². The van der Waals surface area contributed by atoms with Gasteiger partial charge in [0.05, 0.1) is 6.04 Å². The molecule has 5 nitrogen and oxygen atoms in total. The Morgan fingerprint density at radius 1 is 1.06 bits per heavy atom. The molecular weight excluding hydrogens is 404 g/mol. The van der Waals surface area contributed by atoms with Gasteiger partial charge in [-0.05, 0) is 42.1 Å². The van der Waals surface area contributed by atoms with Crippen LogP contribution in [0.5, 0.6) is 0 Å². The van der Waals surface area contributed by atoms with E-state index in [9.17, 15) is 4.79 Å². The van der Waals surface area contributed by atoms with Crippen molar-refractivity contribution in [3.63, 3.8) is 0 Å². The van der Waals surface area contributed by atoms with Gasteiger partial charge in [-0.2, -0.15) is 5.10 Å². The lowest BCUT2D eigenvalue weighted by atomic mass is 9.85. The van der Waals surface area contributed by atoms with E-state index in [1.807, 2.05) is 36.1 Å². The van der Waals surface area contributed by atoms with Crippen LogP contribution in [0.25, 0.3) is 10.4 Å². The van der Waals surface area contributed by atoms with Gasteiger partial charge in [-0.15, -0.1) is 11.3 Å². The van der Waals surface area contributed by atoms with Crippen LogP contribution < -0.4 is 4.90 Å². The molecule has 1 amide bonds. The number of fused-ring (bicyclic) bond motifs is 1. The fourth-order valence-electron chi connectivity index (χ4n) is 4.29. The first-order chi connectivity index (χ1) is 14.9. The molecule has 1 aliphatic heterocycles. The molecule has 0 fully saturated rings. The number of H-pyrrole nitrogens is 1. The van der Waals surface area contributed by atoms with Gasteiger partial charge in [0.25, 0.3) is 5.91 Å². The summed E-state index contributed by atoms with van der Waals surface area (Å²) in [6.07, 6.45) is 1.79. The van der Waals surface area contributed by atoms with E-state index < -0.39 is 0 Å². The Balaban J connectivity index is 1.67. The number of pyridine rings is 1. The molecule has 31 heavy (non-hydrogen) atoms.